The largest absolute Gasteiger partial charge is 0.478 e. The summed E-state index contributed by atoms with van der Waals surface area (Å²) in [4.78, 5) is 32.8. The standard InChI is InChI=1S/C10H14O6/c1-3-5-6-10(8(12)13,9(14)15)16-7(11)4-2/h4H,2-3,5-6H2,1H3,(H,12,13)(H,14,15). The van der Waals surface area contributed by atoms with Crippen molar-refractivity contribution in [1.82, 2.24) is 0 Å². The van der Waals surface area contributed by atoms with E-state index >= 15 is 0 Å². The summed E-state index contributed by atoms with van der Waals surface area (Å²) in [6.07, 6.45) is 1.37. The smallest absolute Gasteiger partial charge is 0.360 e. The Hall–Kier alpha value is -1.85. The Morgan fingerprint density at radius 2 is 1.81 bits per heavy atom. The monoisotopic (exact) mass is 230 g/mol. The zero-order valence-corrected chi connectivity index (χ0v) is 8.93. The average molecular weight is 230 g/mol. The SMILES string of the molecule is C=CC(=O)OC(CCCC)(C(=O)O)C(=O)O. The number of unbranched alkanes of at least 4 members (excludes halogenated alkanes) is 1. The molecule has 0 rings (SSSR count). The molecule has 0 aromatic carbocycles. The van der Waals surface area contributed by atoms with Gasteiger partial charge in [-0.2, -0.15) is 0 Å². The minimum absolute atomic E-state index is 0.270. The highest BCUT2D eigenvalue weighted by molar-refractivity contribution is 6.04. The molecule has 6 heteroatoms. The molecule has 2 N–H and O–H groups in total. The second-order valence-electron chi connectivity index (χ2n) is 3.17. The van der Waals surface area contributed by atoms with Crippen molar-refractivity contribution in [2.45, 2.75) is 31.8 Å². The highest BCUT2D eigenvalue weighted by Gasteiger charge is 2.49. The lowest BCUT2D eigenvalue weighted by molar-refractivity contribution is -0.189. The molecule has 0 aliphatic rings. The van der Waals surface area contributed by atoms with Gasteiger partial charge in [0, 0.05) is 12.5 Å². The average Bonchev–Trinajstić information content (AvgIpc) is 2.22. The summed E-state index contributed by atoms with van der Waals surface area (Å²) < 4.78 is 4.46. The van der Waals surface area contributed by atoms with Gasteiger partial charge in [0.15, 0.2) is 0 Å². The number of aliphatic carboxylic acids is 2. The third-order valence-electron chi connectivity index (χ3n) is 2.01. The van der Waals surface area contributed by atoms with E-state index in [-0.39, 0.29) is 6.42 Å². The van der Waals surface area contributed by atoms with Crippen LogP contribution in [0, 0.1) is 0 Å². The number of carboxylic acid groups (broad SMARTS) is 2. The van der Waals surface area contributed by atoms with Crippen molar-refractivity contribution >= 4 is 17.9 Å². The summed E-state index contributed by atoms with van der Waals surface area (Å²) in [5.41, 5.74) is -2.51. The molecule has 0 aromatic heterocycles. The van der Waals surface area contributed by atoms with Crippen LogP contribution >= 0.6 is 0 Å². The fraction of sp³-hybridized carbons (Fsp3) is 0.500. The molecule has 0 saturated heterocycles. The van der Waals surface area contributed by atoms with Gasteiger partial charge in [0.05, 0.1) is 0 Å². The molecule has 0 unspecified atom stereocenters. The van der Waals surface area contributed by atoms with Crippen LogP contribution < -0.4 is 0 Å². The minimum Gasteiger partial charge on any atom is -0.478 e. The lowest BCUT2D eigenvalue weighted by Crippen LogP contribution is -2.50. The molecular weight excluding hydrogens is 216 g/mol. The Labute approximate surface area is 92.5 Å². The first-order chi connectivity index (χ1) is 7.40. The third kappa shape index (κ3) is 3.08. The number of carbonyl (C=O) groups excluding carboxylic acids is 1. The van der Waals surface area contributed by atoms with E-state index in [0.29, 0.717) is 12.8 Å². The molecule has 6 nitrogen and oxygen atoms in total. The second-order valence-corrected chi connectivity index (χ2v) is 3.17. The van der Waals surface area contributed by atoms with Gasteiger partial charge in [0.2, 0.25) is 0 Å². The van der Waals surface area contributed by atoms with Crippen LogP contribution in [0.5, 0.6) is 0 Å². The second kappa shape index (κ2) is 5.89. The van der Waals surface area contributed by atoms with Crippen LogP contribution in [0.4, 0.5) is 0 Å². The molecule has 90 valence electrons. The van der Waals surface area contributed by atoms with Gasteiger partial charge in [-0.1, -0.05) is 19.9 Å². The van der Waals surface area contributed by atoms with Crippen molar-refractivity contribution in [2.24, 2.45) is 0 Å². The van der Waals surface area contributed by atoms with Crippen LogP contribution in [0.3, 0.4) is 0 Å². The molecule has 0 radical (unpaired) electrons. The van der Waals surface area contributed by atoms with Crippen LogP contribution in [0.25, 0.3) is 0 Å². The Morgan fingerprint density at radius 3 is 2.12 bits per heavy atom. The molecule has 0 atom stereocenters. The van der Waals surface area contributed by atoms with Gasteiger partial charge in [0.25, 0.3) is 0 Å². The van der Waals surface area contributed by atoms with Crippen LogP contribution in [-0.2, 0) is 19.1 Å². The lowest BCUT2D eigenvalue weighted by atomic mass is 9.96. The van der Waals surface area contributed by atoms with E-state index in [0.717, 1.165) is 6.08 Å². The zero-order chi connectivity index (χ0) is 12.8. The number of ether oxygens (including phenoxy) is 1. The number of hydrogen-bond donors (Lipinski definition) is 2. The summed E-state index contributed by atoms with van der Waals surface area (Å²) in [6.45, 7) is 4.85. The Kier molecular flexibility index (Phi) is 5.21. The highest BCUT2D eigenvalue weighted by Crippen LogP contribution is 2.21. The predicted molar refractivity (Wildman–Crippen MR) is 53.8 cm³/mol. The van der Waals surface area contributed by atoms with E-state index in [1.165, 1.54) is 0 Å². The molecule has 0 amide bonds. The highest BCUT2D eigenvalue weighted by atomic mass is 16.6. The normalized spacial score (nSPS) is 10.6. The molecule has 0 bridgehead atoms. The van der Waals surface area contributed by atoms with Crippen LogP contribution in [0.2, 0.25) is 0 Å². The van der Waals surface area contributed by atoms with Crippen molar-refractivity contribution in [3.8, 4) is 0 Å². The Morgan fingerprint density at radius 1 is 1.31 bits per heavy atom. The number of esters is 1. The van der Waals surface area contributed by atoms with E-state index in [1.807, 2.05) is 0 Å². The van der Waals surface area contributed by atoms with Gasteiger partial charge in [-0.25, -0.2) is 14.4 Å². The van der Waals surface area contributed by atoms with Crippen LogP contribution in [0.1, 0.15) is 26.2 Å². The first-order valence-corrected chi connectivity index (χ1v) is 4.73. The van der Waals surface area contributed by atoms with Crippen molar-refractivity contribution in [2.75, 3.05) is 0 Å². The first kappa shape index (κ1) is 14.2. The van der Waals surface area contributed by atoms with E-state index < -0.39 is 23.5 Å². The molecular formula is C10H14O6. The van der Waals surface area contributed by atoms with E-state index in [1.54, 1.807) is 6.92 Å². The summed E-state index contributed by atoms with van der Waals surface area (Å²) >= 11 is 0. The fourth-order valence-corrected chi connectivity index (χ4v) is 1.08. The zero-order valence-electron chi connectivity index (χ0n) is 8.93. The van der Waals surface area contributed by atoms with Crippen LogP contribution in [-0.4, -0.2) is 33.7 Å². The molecule has 0 aromatic rings. The summed E-state index contributed by atoms with van der Waals surface area (Å²) in [7, 11) is 0. The molecule has 0 fully saturated rings. The van der Waals surface area contributed by atoms with Crippen molar-refractivity contribution < 1.29 is 29.3 Å². The van der Waals surface area contributed by atoms with Crippen molar-refractivity contribution in [1.29, 1.82) is 0 Å². The summed E-state index contributed by atoms with van der Waals surface area (Å²) in [6, 6.07) is 0. The van der Waals surface area contributed by atoms with Crippen LogP contribution in [0.15, 0.2) is 12.7 Å². The number of hydrogen-bond acceptors (Lipinski definition) is 4. The maximum atomic E-state index is 10.9. The Bertz CT molecular complexity index is 292. The summed E-state index contributed by atoms with van der Waals surface area (Å²) in [5, 5.41) is 17.7. The predicted octanol–water partition coefficient (Wildman–Crippen LogP) is 0.814. The van der Waals surface area contributed by atoms with Gasteiger partial charge < -0.3 is 14.9 Å². The molecule has 0 aliphatic heterocycles. The summed E-state index contributed by atoms with van der Waals surface area (Å²) in [5.74, 6) is -4.45. The molecule has 0 saturated carbocycles. The molecule has 16 heavy (non-hydrogen) atoms. The van der Waals surface area contributed by atoms with E-state index in [2.05, 4.69) is 11.3 Å². The fourth-order valence-electron chi connectivity index (χ4n) is 1.08. The van der Waals surface area contributed by atoms with Crippen molar-refractivity contribution in [3.05, 3.63) is 12.7 Å². The maximum absolute atomic E-state index is 10.9. The minimum atomic E-state index is -2.51. The molecule has 0 spiro atoms. The van der Waals surface area contributed by atoms with Gasteiger partial charge in [-0.15, -0.1) is 0 Å². The topological polar surface area (TPSA) is 101 Å². The quantitative estimate of drug-likeness (QED) is 0.381. The van der Waals surface area contributed by atoms with E-state index in [9.17, 15) is 14.4 Å². The number of carbonyl (C=O) groups is 3. The maximum Gasteiger partial charge on any atom is 0.360 e. The third-order valence-corrected chi connectivity index (χ3v) is 2.01. The molecule has 0 heterocycles. The number of rotatable bonds is 7. The van der Waals surface area contributed by atoms with Gasteiger partial charge in [-0.3, -0.25) is 0 Å². The van der Waals surface area contributed by atoms with Gasteiger partial charge in [-0.05, 0) is 6.42 Å². The van der Waals surface area contributed by atoms with Crippen molar-refractivity contribution in [3.63, 3.8) is 0 Å². The van der Waals surface area contributed by atoms with E-state index in [4.69, 9.17) is 10.2 Å². The molecule has 0 aliphatic carbocycles. The first-order valence-electron chi connectivity index (χ1n) is 4.73. The van der Waals surface area contributed by atoms with Gasteiger partial charge in [0.1, 0.15) is 0 Å². The Balaban J connectivity index is 5.09. The van der Waals surface area contributed by atoms with Gasteiger partial charge >= 0.3 is 23.5 Å². The lowest BCUT2D eigenvalue weighted by Gasteiger charge is -2.23. The number of carboxylic acids is 2.